The van der Waals surface area contributed by atoms with Crippen molar-refractivity contribution in [1.82, 2.24) is 0 Å². The Hall–Kier alpha value is -0.340. The summed E-state index contributed by atoms with van der Waals surface area (Å²) < 4.78 is 5.21. The van der Waals surface area contributed by atoms with Crippen LogP contribution in [0.4, 0.5) is 0 Å². The summed E-state index contributed by atoms with van der Waals surface area (Å²) in [6.45, 7) is 2.11. The third-order valence-electron chi connectivity index (χ3n) is 1.61. The predicted octanol–water partition coefficient (Wildman–Crippen LogP) is 1.88. The van der Waals surface area contributed by atoms with Crippen molar-refractivity contribution in [3.05, 3.63) is 12.2 Å². The fraction of sp³-hybridized carbons (Fsp3) is 0.625. The van der Waals surface area contributed by atoms with Gasteiger partial charge in [-0.15, -0.1) is 0 Å². The van der Waals surface area contributed by atoms with Gasteiger partial charge in [0.25, 0.3) is 0 Å². The van der Waals surface area contributed by atoms with Crippen LogP contribution in [0.3, 0.4) is 0 Å². The maximum absolute atomic E-state index is 10.3. The van der Waals surface area contributed by atoms with Gasteiger partial charge in [0.1, 0.15) is 6.10 Å². The van der Waals surface area contributed by atoms with Crippen LogP contribution in [0.25, 0.3) is 0 Å². The van der Waals surface area contributed by atoms with Gasteiger partial charge in [0.05, 0.1) is 6.10 Å². The van der Waals surface area contributed by atoms with E-state index >= 15 is 0 Å². The van der Waals surface area contributed by atoms with E-state index in [0.29, 0.717) is 6.10 Å². The number of rotatable bonds is 4. The molecule has 1 rings (SSSR count). The molecule has 2 unspecified atom stereocenters. The van der Waals surface area contributed by atoms with Gasteiger partial charge in [-0.2, -0.15) is 0 Å². The van der Waals surface area contributed by atoms with Crippen LogP contribution in [0.1, 0.15) is 19.8 Å². The van der Waals surface area contributed by atoms with Crippen LogP contribution in [0, 0.1) is 0 Å². The number of halogens is 1. The molecule has 0 N–H and O–H groups in total. The highest BCUT2D eigenvalue weighted by Crippen LogP contribution is 2.27. The van der Waals surface area contributed by atoms with Crippen LogP contribution in [0.5, 0.6) is 0 Å². The topological polar surface area (TPSA) is 29.6 Å². The zero-order chi connectivity index (χ0) is 8.27. The van der Waals surface area contributed by atoms with Crippen molar-refractivity contribution in [2.75, 3.05) is 0 Å². The van der Waals surface area contributed by atoms with Gasteiger partial charge in [0, 0.05) is 0 Å². The quantitative estimate of drug-likeness (QED) is 0.370. The number of hydrogen-bond donors (Lipinski definition) is 0. The second-order valence-corrected chi connectivity index (χ2v) is 2.96. The Labute approximate surface area is 71.2 Å². The summed E-state index contributed by atoms with van der Waals surface area (Å²) in [5.74, 6) is 0. The molecule has 0 aromatic heterocycles. The average Bonchev–Trinajstić information content (AvgIpc) is 2.64. The molecule has 2 atom stereocenters. The Morgan fingerprint density at radius 2 is 2.45 bits per heavy atom. The van der Waals surface area contributed by atoms with Crippen molar-refractivity contribution in [3.8, 4) is 0 Å². The Morgan fingerprint density at radius 1 is 1.73 bits per heavy atom. The molecule has 1 fully saturated rings. The van der Waals surface area contributed by atoms with Crippen LogP contribution in [0.15, 0.2) is 12.2 Å². The highest BCUT2D eigenvalue weighted by molar-refractivity contribution is 6.66. The summed E-state index contributed by atoms with van der Waals surface area (Å²) in [7, 11) is 0. The summed E-state index contributed by atoms with van der Waals surface area (Å²) in [5, 5.41) is -0.434. The largest absolute Gasteiger partial charge is 0.365 e. The first kappa shape index (κ1) is 8.75. The first-order valence-corrected chi connectivity index (χ1v) is 4.15. The molecule has 0 aliphatic carbocycles. The van der Waals surface area contributed by atoms with Gasteiger partial charge in [-0.05, 0) is 30.2 Å². The highest BCUT2D eigenvalue weighted by atomic mass is 35.5. The summed E-state index contributed by atoms with van der Waals surface area (Å²) in [6, 6.07) is 0. The zero-order valence-electron chi connectivity index (χ0n) is 6.42. The van der Waals surface area contributed by atoms with Crippen LogP contribution in [-0.4, -0.2) is 17.5 Å². The van der Waals surface area contributed by atoms with E-state index in [9.17, 15) is 4.79 Å². The number of carbonyl (C=O) groups is 1. The van der Waals surface area contributed by atoms with E-state index in [2.05, 4.69) is 6.92 Å². The van der Waals surface area contributed by atoms with Gasteiger partial charge in [-0.1, -0.05) is 13.3 Å². The third kappa shape index (κ3) is 3.04. The van der Waals surface area contributed by atoms with E-state index < -0.39 is 5.24 Å². The van der Waals surface area contributed by atoms with E-state index in [4.69, 9.17) is 16.3 Å². The van der Waals surface area contributed by atoms with Crippen LogP contribution in [-0.2, 0) is 9.53 Å². The minimum absolute atomic E-state index is 0.137. The second-order valence-electron chi connectivity index (χ2n) is 2.59. The molecule has 0 radical (unpaired) electrons. The maximum atomic E-state index is 10.3. The van der Waals surface area contributed by atoms with Gasteiger partial charge in [0.2, 0.25) is 5.24 Å². The normalized spacial score (nSPS) is 29.3. The maximum Gasteiger partial charge on any atom is 0.244 e. The second kappa shape index (κ2) is 3.88. The lowest BCUT2D eigenvalue weighted by Crippen LogP contribution is -1.89. The first-order chi connectivity index (χ1) is 5.24. The predicted molar refractivity (Wildman–Crippen MR) is 43.6 cm³/mol. The van der Waals surface area contributed by atoms with Crippen molar-refractivity contribution in [2.45, 2.75) is 32.0 Å². The minimum atomic E-state index is -0.434. The van der Waals surface area contributed by atoms with Crippen LogP contribution < -0.4 is 0 Å². The summed E-state index contributed by atoms with van der Waals surface area (Å²) in [4.78, 5) is 10.3. The Balaban J connectivity index is 2.17. The smallest absolute Gasteiger partial charge is 0.244 e. The number of carbonyl (C=O) groups excluding carboxylic acids is 1. The lowest BCUT2D eigenvalue weighted by atomic mass is 10.2. The van der Waals surface area contributed by atoms with Crippen molar-refractivity contribution in [2.24, 2.45) is 0 Å². The van der Waals surface area contributed by atoms with Crippen LogP contribution >= 0.6 is 11.6 Å². The fourth-order valence-electron chi connectivity index (χ4n) is 1.01. The molecule has 0 aromatic carbocycles. The molecule has 1 aliphatic heterocycles. The van der Waals surface area contributed by atoms with Crippen LogP contribution in [0.2, 0.25) is 0 Å². The number of hydrogen-bond acceptors (Lipinski definition) is 2. The molecule has 0 aromatic rings. The summed E-state index contributed by atoms with van der Waals surface area (Å²) in [5.41, 5.74) is 0. The van der Waals surface area contributed by atoms with Crippen molar-refractivity contribution < 1.29 is 9.53 Å². The molecular weight excluding hydrogens is 164 g/mol. The first-order valence-electron chi connectivity index (χ1n) is 3.77. The molecule has 0 saturated carbocycles. The zero-order valence-corrected chi connectivity index (χ0v) is 7.17. The van der Waals surface area contributed by atoms with E-state index in [0.717, 1.165) is 12.8 Å². The molecule has 2 nitrogen and oxygen atoms in total. The SMILES string of the molecule is CCCC1OC1/C=C/C(=O)Cl. The van der Waals surface area contributed by atoms with Gasteiger partial charge < -0.3 is 4.74 Å². The minimum Gasteiger partial charge on any atom is -0.365 e. The summed E-state index contributed by atoms with van der Waals surface area (Å²) in [6.07, 6.45) is 5.71. The Bertz CT molecular complexity index is 177. The van der Waals surface area contributed by atoms with Gasteiger partial charge in [-0.3, -0.25) is 4.79 Å². The summed E-state index contributed by atoms with van der Waals surface area (Å²) >= 11 is 5.09. The lowest BCUT2D eigenvalue weighted by molar-refractivity contribution is -0.107. The Kier molecular flexibility index (Phi) is 3.09. The van der Waals surface area contributed by atoms with E-state index in [1.165, 1.54) is 6.08 Å². The number of epoxide rings is 1. The standard InChI is InChI=1S/C8H11ClO2/c1-2-3-6-7(11-6)4-5-8(9)10/h4-7H,2-3H2,1H3/b5-4+. The molecule has 0 bridgehead atoms. The molecular formula is C8H11ClO2. The fourth-order valence-corrected chi connectivity index (χ4v) is 1.09. The lowest BCUT2D eigenvalue weighted by Gasteiger charge is -1.83. The molecule has 62 valence electrons. The highest BCUT2D eigenvalue weighted by Gasteiger charge is 2.35. The van der Waals surface area contributed by atoms with Crippen molar-refractivity contribution in [3.63, 3.8) is 0 Å². The average molecular weight is 175 g/mol. The third-order valence-corrected chi connectivity index (χ3v) is 1.74. The van der Waals surface area contributed by atoms with E-state index in [1.807, 2.05) is 0 Å². The number of ether oxygens (including phenoxy) is 1. The molecule has 3 heteroatoms. The molecule has 11 heavy (non-hydrogen) atoms. The van der Waals surface area contributed by atoms with Crippen molar-refractivity contribution >= 4 is 16.8 Å². The molecule has 1 heterocycles. The Morgan fingerprint density at radius 3 is 3.00 bits per heavy atom. The van der Waals surface area contributed by atoms with Gasteiger partial charge >= 0.3 is 0 Å². The molecule has 1 aliphatic rings. The molecule has 0 amide bonds. The van der Waals surface area contributed by atoms with E-state index in [1.54, 1.807) is 6.08 Å². The molecule has 1 saturated heterocycles. The monoisotopic (exact) mass is 174 g/mol. The van der Waals surface area contributed by atoms with Gasteiger partial charge in [-0.25, -0.2) is 0 Å². The number of allylic oxidation sites excluding steroid dienone is 1. The van der Waals surface area contributed by atoms with Crippen molar-refractivity contribution in [1.29, 1.82) is 0 Å². The molecule has 0 spiro atoms. The van der Waals surface area contributed by atoms with E-state index in [-0.39, 0.29) is 6.10 Å². The van der Waals surface area contributed by atoms with Gasteiger partial charge in [0.15, 0.2) is 0 Å².